The van der Waals surface area contributed by atoms with E-state index in [9.17, 15) is 29.1 Å². The normalized spacial score (nSPS) is 16.5. The van der Waals surface area contributed by atoms with Crippen molar-refractivity contribution < 1.29 is 29.1 Å². The van der Waals surface area contributed by atoms with Crippen molar-refractivity contribution >= 4 is 84.4 Å². The number of nitrogens with one attached hydrogen (secondary N) is 3. The number of hydrogen-bond acceptors (Lipinski definition) is 12. The predicted octanol–water partition coefficient (Wildman–Crippen LogP) is 8.15. The molecule has 4 aromatic carbocycles. The zero-order valence-corrected chi connectivity index (χ0v) is 40.9. The van der Waals surface area contributed by atoms with Crippen molar-refractivity contribution in [1.29, 1.82) is 0 Å². The van der Waals surface area contributed by atoms with Gasteiger partial charge in [-0.25, -0.2) is 14.8 Å². The molecule has 1 unspecified atom stereocenters. The number of nitrogens with zero attached hydrogens (tertiary/aromatic N) is 7. The number of carbonyl (C=O) groups excluding carboxylic acids is 4. The van der Waals surface area contributed by atoms with Crippen LogP contribution in [0, 0.1) is 12.8 Å². The average molecular weight is 973 g/mol. The number of carboxylic acid groups (broad SMARTS) is 1. The Morgan fingerprint density at radius 3 is 2.49 bits per heavy atom. The van der Waals surface area contributed by atoms with Gasteiger partial charge in [-0.3, -0.25) is 39.4 Å². The number of likely N-dealkylation sites (tertiary alicyclic amines) is 1. The molecule has 3 aliphatic heterocycles. The third kappa shape index (κ3) is 10.1. The Kier molecular flexibility index (Phi) is 13.3. The van der Waals surface area contributed by atoms with Crippen LogP contribution in [-0.2, 0) is 34.4 Å². The van der Waals surface area contributed by atoms with Crippen LogP contribution in [0.25, 0.3) is 32.2 Å². The fourth-order valence-corrected chi connectivity index (χ4v) is 11.3. The third-order valence-corrected chi connectivity index (χ3v) is 15.2. The lowest BCUT2D eigenvalue weighted by Gasteiger charge is -2.32. The summed E-state index contributed by atoms with van der Waals surface area (Å²) in [5.41, 5.74) is 8.84. The molecule has 3 aromatic heterocycles. The van der Waals surface area contributed by atoms with E-state index in [0.29, 0.717) is 71.9 Å². The number of para-hydroxylation sites is 1. The van der Waals surface area contributed by atoms with Crippen molar-refractivity contribution in [3.63, 3.8) is 0 Å². The van der Waals surface area contributed by atoms with E-state index in [1.54, 1.807) is 4.68 Å². The Labute approximate surface area is 415 Å². The first-order valence-electron chi connectivity index (χ1n) is 24.3. The van der Waals surface area contributed by atoms with Crippen LogP contribution in [0.15, 0.2) is 91.0 Å². The summed E-state index contributed by atoms with van der Waals surface area (Å²) in [4.78, 5) is 79.6. The van der Waals surface area contributed by atoms with Gasteiger partial charge < -0.3 is 20.2 Å². The highest BCUT2D eigenvalue weighted by Crippen LogP contribution is 2.35. The Balaban J connectivity index is 0.704. The van der Waals surface area contributed by atoms with Crippen LogP contribution in [0.5, 0.6) is 0 Å². The Morgan fingerprint density at radius 2 is 1.70 bits per heavy atom. The lowest BCUT2D eigenvalue weighted by atomic mass is 9.92. The predicted molar refractivity (Wildman–Crippen MR) is 276 cm³/mol. The SMILES string of the molecule is Cc1cc(N(C)CCCC2CCN(CC(=O)Nc3ccc4c(C5CCC(=O)NC5=O)nn(C)c4c3)CC2)ccc1-c1ccc(N2CCc3cccc(C(=O)Nc4nc5ccccc5s4)c3C2)nc1C(=O)O. The van der Waals surface area contributed by atoms with Gasteiger partial charge in [-0.1, -0.05) is 41.7 Å². The molecule has 7 aromatic rings. The van der Waals surface area contributed by atoms with Gasteiger partial charge in [0.1, 0.15) is 5.82 Å². The van der Waals surface area contributed by atoms with E-state index in [1.807, 2.05) is 104 Å². The molecule has 4 N–H and O–H groups in total. The van der Waals surface area contributed by atoms with Crippen LogP contribution >= 0.6 is 11.3 Å². The van der Waals surface area contributed by atoms with Gasteiger partial charge >= 0.3 is 5.97 Å². The van der Waals surface area contributed by atoms with Crippen molar-refractivity contribution in [3.8, 4) is 11.1 Å². The fraction of sp³-hybridized carbons (Fsp3) is 0.333. The summed E-state index contributed by atoms with van der Waals surface area (Å²) in [6.07, 6.45) is 5.56. The molecule has 0 aliphatic carbocycles. The summed E-state index contributed by atoms with van der Waals surface area (Å²) in [6.45, 7) is 5.95. The number of thiazole rings is 1. The summed E-state index contributed by atoms with van der Waals surface area (Å²) in [6, 6.07) is 29.0. The van der Waals surface area contributed by atoms with E-state index in [0.717, 1.165) is 94.4 Å². The molecule has 16 nitrogen and oxygen atoms in total. The first-order valence-corrected chi connectivity index (χ1v) is 25.1. The highest BCUT2D eigenvalue weighted by atomic mass is 32.1. The van der Waals surface area contributed by atoms with Gasteiger partial charge in [-0.05, 0) is 147 Å². The number of pyridine rings is 1. The molecule has 0 radical (unpaired) electrons. The summed E-state index contributed by atoms with van der Waals surface area (Å²) < 4.78 is 2.71. The molecule has 71 heavy (non-hydrogen) atoms. The molecule has 1 atom stereocenters. The van der Waals surface area contributed by atoms with Gasteiger partial charge in [0.25, 0.3) is 5.91 Å². The number of hydrogen-bond donors (Lipinski definition) is 4. The summed E-state index contributed by atoms with van der Waals surface area (Å²) in [7, 11) is 3.90. The molecule has 3 aliphatic rings. The van der Waals surface area contributed by atoms with E-state index in [1.165, 1.54) is 11.3 Å². The van der Waals surface area contributed by atoms with Crippen LogP contribution in [0.4, 0.5) is 22.3 Å². The molecule has 4 amide bonds. The van der Waals surface area contributed by atoms with E-state index in [-0.39, 0.29) is 35.7 Å². The van der Waals surface area contributed by atoms with Crippen molar-refractivity contribution in [2.24, 2.45) is 13.0 Å². The number of benzene rings is 4. The minimum atomic E-state index is -1.10. The monoisotopic (exact) mass is 972 g/mol. The second-order valence-corrected chi connectivity index (χ2v) is 20.0. The average Bonchev–Trinajstić information content (AvgIpc) is 3.93. The van der Waals surface area contributed by atoms with Gasteiger partial charge in [-0.15, -0.1) is 0 Å². The maximum atomic E-state index is 13.6. The van der Waals surface area contributed by atoms with E-state index in [2.05, 4.69) is 48.9 Å². The van der Waals surface area contributed by atoms with Crippen LogP contribution < -0.4 is 25.8 Å². The molecular formula is C54H56N10O6S. The topological polar surface area (TPSA) is 195 Å². The van der Waals surface area contributed by atoms with Crippen molar-refractivity contribution in [3.05, 3.63) is 125 Å². The van der Waals surface area contributed by atoms with Crippen molar-refractivity contribution in [2.45, 2.75) is 64.3 Å². The largest absolute Gasteiger partial charge is 0.476 e. The van der Waals surface area contributed by atoms with Crippen molar-refractivity contribution in [1.82, 2.24) is 30.0 Å². The lowest BCUT2D eigenvalue weighted by Crippen LogP contribution is -2.39. The van der Waals surface area contributed by atoms with E-state index < -0.39 is 11.9 Å². The lowest BCUT2D eigenvalue weighted by molar-refractivity contribution is -0.134. The molecule has 0 spiro atoms. The number of aromatic carboxylic acids is 1. The number of aryl methyl sites for hydroxylation is 2. The summed E-state index contributed by atoms with van der Waals surface area (Å²) in [5, 5.41) is 24.9. The third-order valence-electron chi connectivity index (χ3n) is 14.3. The second-order valence-electron chi connectivity index (χ2n) is 19.0. The number of piperidine rings is 2. The smallest absolute Gasteiger partial charge is 0.355 e. The number of imide groups is 1. The first kappa shape index (κ1) is 47.2. The number of rotatable bonds is 14. The van der Waals surface area contributed by atoms with E-state index in [4.69, 9.17) is 4.98 Å². The molecule has 17 heteroatoms. The zero-order valence-electron chi connectivity index (χ0n) is 40.0. The molecule has 2 fully saturated rings. The Morgan fingerprint density at radius 1 is 0.887 bits per heavy atom. The number of carboxylic acids is 1. The zero-order chi connectivity index (χ0) is 49.3. The van der Waals surface area contributed by atoms with Gasteiger partial charge in [0, 0.05) is 68.0 Å². The molecule has 0 bridgehead atoms. The minimum Gasteiger partial charge on any atom is -0.476 e. The minimum absolute atomic E-state index is 0.0165. The van der Waals surface area contributed by atoms with E-state index >= 15 is 0 Å². The number of fused-ring (bicyclic) bond motifs is 3. The van der Waals surface area contributed by atoms with Gasteiger partial charge in [-0.2, -0.15) is 5.10 Å². The molecule has 2 saturated heterocycles. The first-order chi connectivity index (χ1) is 34.3. The fourth-order valence-electron chi connectivity index (χ4n) is 10.4. The number of aromatic nitrogens is 4. The van der Waals surface area contributed by atoms with Gasteiger partial charge in [0.05, 0.1) is 33.9 Å². The van der Waals surface area contributed by atoms with Crippen LogP contribution in [0.3, 0.4) is 0 Å². The Bertz CT molecular complexity index is 3200. The summed E-state index contributed by atoms with van der Waals surface area (Å²) >= 11 is 1.43. The molecular weight excluding hydrogens is 917 g/mol. The number of amides is 4. The quantitative estimate of drug-likeness (QED) is 0.0766. The molecule has 364 valence electrons. The van der Waals surface area contributed by atoms with Gasteiger partial charge in [0.2, 0.25) is 17.7 Å². The molecule has 6 heterocycles. The molecule has 10 rings (SSSR count). The number of anilines is 4. The van der Waals surface area contributed by atoms with Crippen LogP contribution in [0.1, 0.15) is 87.7 Å². The highest BCUT2D eigenvalue weighted by Gasteiger charge is 2.32. The summed E-state index contributed by atoms with van der Waals surface area (Å²) in [5.74, 6) is -1.36. The number of carbonyl (C=O) groups is 5. The van der Waals surface area contributed by atoms with Crippen LogP contribution in [0.2, 0.25) is 0 Å². The second kappa shape index (κ2) is 20.1. The van der Waals surface area contributed by atoms with Gasteiger partial charge in [0.15, 0.2) is 10.8 Å². The standard InChI is InChI=1S/C54H56N10O6S/c1-32-28-36(61(2)24-7-8-33-21-25-63(26-22-33)31-48(66)55-35-13-15-40-44(29-35)62(3)60-49(40)41-18-20-47(65)58-52(41)68)14-16-37(32)38-17-19-46(57-50(38)53(69)70)64-27-23-34-9-6-10-39(42(34)30-64)51(67)59-54-56-43-11-4-5-12-45(43)71-54/h4-6,9-17,19,28-29,33,41H,7-8,18,20-27,30-31H2,1-3H3,(H,55,66)(H,69,70)(H,56,59,67)(H,58,65,68). The maximum absolute atomic E-state index is 13.6. The van der Waals surface area contributed by atoms with Crippen LogP contribution in [-0.4, -0.2) is 99.1 Å². The van der Waals surface area contributed by atoms with Crippen molar-refractivity contribution in [2.75, 3.05) is 60.2 Å². The Hall–Kier alpha value is -7.50. The maximum Gasteiger partial charge on any atom is 0.355 e. The highest BCUT2D eigenvalue weighted by molar-refractivity contribution is 7.22. The molecule has 0 saturated carbocycles.